The fraction of sp³-hybridized carbons (Fsp3) is 0.526. The molecule has 2 heterocycles. The summed E-state index contributed by atoms with van der Waals surface area (Å²) in [6.45, 7) is 4.32. The second kappa shape index (κ2) is 8.20. The molecule has 0 bridgehead atoms. The molecule has 1 aliphatic heterocycles. The number of halogens is 3. The van der Waals surface area contributed by atoms with Crippen molar-refractivity contribution in [2.45, 2.75) is 51.9 Å². The van der Waals surface area contributed by atoms with Gasteiger partial charge in [-0.2, -0.15) is 13.2 Å². The summed E-state index contributed by atoms with van der Waals surface area (Å²) >= 11 is 0. The molecule has 0 radical (unpaired) electrons. The Morgan fingerprint density at radius 2 is 2.00 bits per heavy atom. The summed E-state index contributed by atoms with van der Waals surface area (Å²) < 4.78 is 45.7. The molecule has 0 spiro atoms. The van der Waals surface area contributed by atoms with Crippen LogP contribution in [0.1, 0.15) is 43.4 Å². The Bertz CT molecular complexity index is 816. The summed E-state index contributed by atoms with van der Waals surface area (Å²) in [7, 11) is 0. The summed E-state index contributed by atoms with van der Waals surface area (Å²) in [4.78, 5) is 12.0. The van der Waals surface area contributed by atoms with E-state index in [1.807, 2.05) is 24.3 Å². The van der Waals surface area contributed by atoms with Crippen molar-refractivity contribution in [1.82, 2.24) is 20.1 Å². The first-order valence-electron chi connectivity index (χ1n) is 9.21. The fourth-order valence-electron chi connectivity index (χ4n) is 3.13. The molecule has 1 atom stereocenters. The van der Waals surface area contributed by atoms with Crippen LogP contribution in [0.25, 0.3) is 0 Å². The van der Waals surface area contributed by atoms with Gasteiger partial charge in [0.2, 0.25) is 0 Å². The number of hydrogen-bond donors (Lipinski definition) is 1. The Morgan fingerprint density at radius 1 is 1.29 bits per heavy atom. The molecule has 2 aromatic rings. The number of carbonyl (C=O) groups excluding carboxylic acids is 1. The SMILES string of the molecule is CC(C)c1ccc(OCC(=O)NCc2nnc3n2CC[C@H](C(F)(F)F)C3)cc1. The van der Waals surface area contributed by atoms with Gasteiger partial charge in [0, 0.05) is 13.0 Å². The van der Waals surface area contributed by atoms with Crippen molar-refractivity contribution in [3.8, 4) is 5.75 Å². The van der Waals surface area contributed by atoms with Crippen LogP contribution in [0.5, 0.6) is 5.75 Å². The van der Waals surface area contributed by atoms with Crippen LogP contribution in [-0.4, -0.2) is 33.5 Å². The van der Waals surface area contributed by atoms with Gasteiger partial charge in [-0.15, -0.1) is 10.2 Å². The van der Waals surface area contributed by atoms with E-state index in [0.717, 1.165) is 0 Å². The quantitative estimate of drug-likeness (QED) is 0.814. The Hall–Kier alpha value is -2.58. The first kappa shape index (κ1) is 20.2. The lowest BCUT2D eigenvalue weighted by Crippen LogP contribution is -2.33. The smallest absolute Gasteiger partial charge is 0.392 e. The van der Waals surface area contributed by atoms with Crippen molar-refractivity contribution in [2.75, 3.05) is 6.61 Å². The van der Waals surface area contributed by atoms with Crippen LogP contribution >= 0.6 is 0 Å². The highest BCUT2D eigenvalue weighted by Gasteiger charge is 2.42. The zero-order valence-electron chi connectivity index (χ0n) is 15.8. The van der Waals surface area contributed by atoms with Gasteiger partial charge in [-0.3, -0.25) is 4.79 Å². The highest BCUT2D eigenvalue weighted by molar-refractivity contribution is 5.77. The van der Waals surface area contributed by atoms with Crippen LogP contribution in [0.4, 0.5) is 13.2 Å². The molecule has 9 heteroatoms. The molecular weight excluding hydrogens is 373 g/mol. The van der Waals surface area contributed by atoms with Crippen LogP contribution < -0.4 is 10.1 Å². The number of benzene rings is 1. The standard InChI is InChI=1S/C19H23F3N4O2/c1-12(2)13-3-5-15(6-4-13)28-11-18(27)23-10-17-25-24-16-9-14(19(20,21)22)7-8-26(16)17/h3-6,12,14H,7-11H2,1-2H3,(H,23,27)/t14-/m0/s1. The van der Waals surface area contributed by atoms with E-state index in [-0.39, 0.29) is 38.4 Å². The minimum Gasteiger partial charge on any atom is -0.484 e. The number of aromatic nitrogens is 3. The normalized spacial score (nSPS) is 16.7. The molecule has 152 valence electrons. The second-order valence-corrected chi connectivity index (χ2v) is 7.20. The Balaban J connectivity index is 1.49. The topological polar surface area (TPSA) is 69.0 Å². The molecule has 1 aliphatic rings. The van der Waals surface area contributed by atoms with Gasteiger partial charge in [-0.05, 0) is 30.0 Å². The van der Waals surface area contributed by atoms with E-state index in [1.54, 1.807) is 4.57 Å². The van der Waals surface area contributed by atoms with Gasteiger partial charge in [0.1, 0.15) is 11.6 Å². The average molecular weight is 396 g/mol. The van der Waals surface area contributed by atoms with Gasteiger partial charge in [0.05, 0.1) is 12.5 Å². The van der Waals surface area contributed by atoms with E-state index in [4.69, 9.17) is 4.74 Å². The minimum atomic E-state index is -4.23. The Kier molecular flexibility index (Phi) is 5.90. The van der Waals surface area contributed by atoms with E-state index in [9.17, 15) is 18.0 Å². The zero-order valence-corrected chi connectivity index (χ0v) is 15.8. The molecule has 1 N–H and O–H groups in total. The lowest BCUT2D eigenvalue weighted by molar-refractivity contribution is -0.179. The first-order chi connectivity index (χ1) is 13.2. The van der Waals surface area contributed by atoms with Gasteiger partial charge in [-0.25, -0.2) is 0 Å². The number of carbonyl (C=O) groups is 1. The molecule has 1 aromatic carbocycles. The molecule has 3 rings (SSSR count). The third-order valence-electron chi connectivity index (χ3n) is 4.86. The predicted molar refractivity (Wildman–Crippen MR) is 95.8 cm³/mol. The number of nitrogens with one attached hydrogen (secondary N) is 1. The van der Waals surface area contributed by atoms with Crippen molar-refractivity contribution in [1.29, 1.82) is 0 Å². The maximum atomic E-state index is 12.9. The largest absolute Gasteiger partial charge is 0.484 e. The Labute approximate surface area is 161 Å². The van der Waals surface area contributed by atoms with E-state index in [0.29, 0.717) is 23.3 Å². The molecule has 0 fully saturated rings. The molecule has 1 aromatic heterocycles. The second-order valence-electron chi connectivity index (χ2n) is 7.20. The summed E-state index contributed by atoms with van der Waals surface area (Å²) in [5.41, 5.74) is 1.18. The molecule has 6 nitrogen and oxygen atoms in total. The predicted octanol–water partition coefficient (Wildman–Crippen LogP) is 3.22. The van der Waals surface area contributed by atoms with Crippen LogP contribution in [0.2, 0.25) is 0 Å². The number of amides is 1. The maximum Gasteiger partial charge on any atom is 0.392 e. The first-order valence-corrected chi connectivity index (χ1v) is 9.21. The van der Waals surface area contributed by atoms with E-state index >= 15 is 0 Å². The number of alkyl halides is 3. The average Bonchev–Trinajstić information content (AvgIpc) is 3.06. The number of hydrogen-bond acceptors (Lipinski definition) is 4. The van der Waals surface area contributed by atoms with E-state index in [1.165, 1.54) is 5.56 Å². The highest BCUT2D eigenvalue weighted by Crippen LogP contribution is 2.34. The van der Waals surface area contributed by atoms with Crippen molar-refractivity contribution in [3.63, 3.8) is 0 Å². The zero-order chi connectivity index (χ0) is 20.3. The Morgan fingerprint density at radius 3 is 2.64 bits per heavy atom. The van der Waals surface area contributed by atoms with Crippen LogP contribution in [0.3, 0.4) is 0 Å². The third-order valence-corrected chi connectivity index (χ3v) is 4.86. The van der Waals surface area contributed by atoms with Crippen LogP contribution in [0.15, 0.2) is 24.3 Å². The number of fused-ring (bicyclic) bond motifs is 1. The monoisotopic (exact) mass is 396 g/mol. The summed E-state index contributed by atoms with van der Waals surface area (Å²) in [5, 5.41) is 10.4. The van der Waals surface area contributed by atoms with Gasteiger partial charge >= 0.3 is 6.18 Å². The summed E-state index contributed by atoms with van der Waals surface area (Å²) in [6, 6.07) is 7.53. The van der Waals surface area contributed by atoms with Gasteiger partial charge in [0.25, 0.3) is 5.91 Å². The molecule has 0 saturated carbocycles. The molecule has 0 saturated heterocycles. The molecule has 0 unspecified atom stereocenters. The fourth-order valence-corrected chi connectivity index (χ4v) is 3.13. The van der Waals surface area contributed by atoms with Crippen molar-refractivity contribution >= 4 is 5.91 Å². The van der Waals surface area contributed by atoms with Gasteiger partial charge in [-0.1, -0.05) is 26.0 Å². The third kappa shape index (κ3) is 4.82. The number of nitrogens with zero attached hydrogens (tertiary/aromatic N) is 3. The van der Waals surface area contributed by atoms with E-state index < -0.39 is 12.1 Å². The lowest BCUT2D eigenvalue weighted by Gasteiger charge is -2.25. The number of rotatable bonds is 6. The molecule has 1 amide bonds. The van der Waals surface area contributed by atoms with Gasteiger partial charge in [0.15, 0.2) is 12.4 Å². The van der Waals surface area contributed by atoms with E-state index in [2.05, 4.69) is 29.4 Å². The lowest BCUT2D eigenvalue weighted by atomic mass is 9.97. The highest BCUT2D eigenvalue weighted by atomic mass is 19.4. The van der Waals surface area contributed by atoms with Crippen molar-refractivity contribution < 1.29 is 22.7 Å². The summed E-state index contributed by atoms with van der Waals surface area (Å²) in [5.74, 6) is 0.0383. The summed E-state index contributed by atoms with van der Waals surface area (Å²) in [6.07, 6.45) is -4.42. The minimum absolute atomic E-state index is 0.00896. The number of ether oxygens (including phenoxy) is 1. The maximum absolute atomic E-state index is 12.9. The molecular formula is C19H23F3N4O2. The van der Waals surface area contributed by atoms with Crippen LogP contribution in [0, 0.1) is 5.92 Å². The van der Waals surface area contributed by atoms with Crippen molar-refractivity contribution in [3.05, 3.63) is 41.5 Å². The molecule has 28 heavy (non-hydrogen) atoms. The van der Waals surface area contributed by atoms with Crippen LogP contribution in [-0.2, 0) is 24.3 Å². The molecule has 0 aliphatic carbocycles. The van der Waals surface area contributed by atoms with Gasteiger partial charge < -0.3 is 14.6 Å². The van der Waals surface area contributed by atoms with Crippen molar-refractivity contribution in [2.24, 2.45) is 5.92 Å².